The molecular weight excluding hydrogens is 286 g/mol. The summed E-state index contributed by atoms with van der Waals surface area (Å²) in [4.78, 5) is 6.00. The average molecular weight is 300 g/mol. The number of rotatable bonds is 3. The molecule has 100 valence electrons. The molecule has 3 rings (SSSR count). The maximum atomic E-state index is 5.98. The predicted octanol–water partition coefficient (Wildman–Crippen LogP) is 5.69. The summed E-state index contributed by atoms with van der Waals surface area (Å²) in [6.45, 7) is 2.14. The summed E-state index contributed by atoms with van der Waals surface area (Å²) >= 11 is 7.74. The first-order valence-electron chi connectivity index (χ1n) is 6.59. The molecule has 0 unspecified atom stereocenters. The second kappa shape index (κ2) is 5.78. The zero-order valence-corrected chi connectivity index (χ0v) is 12.7. The SMILES string of the molecule is CCc1nc(-c2ccccc2)c(-c2ccc(Cl)cc2)s1. The molecule has 3 heteroatoms. The van der Waals surface area contributed by atoms with Gasteiger partial charge in [0.15, 0.2) is 0 Å². The highest BCUT2D eigenvalue weighted by atomic mass is 35.5. The van der Waals surface area contributed by atoms with Gasteiger partial charge in [0, 0.05) is 10.6 Å². The smallest absolute Gasteiger partial charge is 0.0936 e. The van der Waals surface area contributed by atoms with Crippen molar-refractivity contribution < 1.29 is 0 Å². The molecule has 0 N–H and O–H groups in total. The zero-order chi connectivity index (χ0) is 13.9. The normalized spacial score (nSPS) is 10.7. The molecule has 2 aromatic carbocycles. The molecule has 0 radical (unpaired) electrons. The monoisotopic (exact) mass is 299 g/mol. The van der Waals surface area contributed by atoms with Crippen LogP contribution in [-0.4, -0.2) is 4.98 Å². The Morgan fingerprint density at radius 1 is 0.950 bits per heavy atom. The van der Waals surface area contributed by atoms with E-state index in [1.54, 1.807) is 11.3 Å². The Balaban J connectivity index is 2.15. The minimum absolute atomic E-state index is 0.759. The molecule has 1 heterocycles. The summed E-state index contributed by atoms with van der Waals surface area (Å²) in [5, 5.41) is 1.92. The summed E-state index contributed by atoms with van der Waals surface area (Å²) < 4.78 is 0. The van der Waals surface area contributed by atoms with Crippen LogP contribution in [0.25, 0.3) is 21.7 Å². The molecule has 0 saturated heterocycles. The quantitative estimate of drug-likeness (QED) is 0.605. The molecule has 0 bridgehead atoms. The number of halogens is 1. The lowest BCUT2D eigenvalue weighted by molar-refractivity contribution is 1.10. The number of aryl methyl sites for hydroxylation is 1. The van der Waals surface area contributed by atoms with Crippen molar-refractivity contribution in [2.75, 3.05) is 0 Å². The lowest BCUT2D eigenvalue weighted by Crippen LogP contribution is -1.82. The summed E-state index contributed by atoms with van der Waals surface area (Å²) in [6, 6.07) is 18.3. The van der Waals surface area contributed by atoms with Gasteiger partial charge < -0.3 is 0 Å². The van der Waals surface area contributed by atoms with Crippen LogP contribution < -0.4 is 0 Å². The van der Waals surface area contributed by atoms with E-state index >= 15 is 0 Å². The van der Waals surface area contributed by atoms with Crippen molar-refractivity contribution >= 4 is 22.9 Å². The first-order chi connectivity index (χ1) is 9.78. The van der Waals surface area contributed by atoms with Crippen LogP contribution in [0.3, 0.4) is 0 Å². The molecule has 0 fully saturated rings. The van der Waals surface area contributed by atoms with Crippen molar-refractivity contribution in [3.63, 3.8) is 0 Å². The molecule has 0 atom stereocenters. The third-order valence-corrected chi connectivity index (χ3v) is 4.63. The molecule has 0 saturated carbocycles. The van der Waals surface area contributed by atoms with Gasteiger partial charge in [0.05, 0.1) is 15.6 Å². The predicted molar refractivity (Wildman–Crippen MR) is 87.4 cm³/mol. The number of hydrogen-bond donors (Lipinski definition) is 0. The molecular formula is C17H14ClNS. The Morgan fingerprint density at radius 3 is 2.30 bits per heavy atom. The average Bonchev–Trinajstić information content (AvgIpc) is 2.93. The van der Waals surface area contributed by atoms with Gasteiger partial charge in [-0.05, 0) is 24.1 Å². The van der Waals surface area contributed by atoms with Crippen LogP contribution >= 0.6 is 22.9 Å². The molecule has 0 aliphatic rings. The van der Waals surface area contributed by atoms with E-state index < -0.39 is 0 Å². The molecule has 3 aromatic rings. The van der Waals surface area contributed by atoms with Gasteiger partial charge in [0.25, 0.3) is 0 Å². The van der Waals surface area contributed by atoms with Crippen molar-refractivity contribution in [2.45, 2.75) is 13.3 Å². The van der Waals surface area contributed by atoms with Gasteiger partial charge in [-0.2, -0.15) is 0 Å². The highest BCUT2D eigenvalue weighted by Crippen LogP contribution is 2.37. The summed E-state index contributed by atoms with van der Waals surface area (Å²) in [7, 11) is 0. The molecule has 20 heavy (non-hydrogen) atoms. The fourth-order valence-electron chi connectivity index (χ4n) is 2.10. The topological polar surface area (TPSA) is 12.9 Å². The Kier molecular flexibility index (Phi) is 3.86. The highest BCUT2D eigenvalue weighted by molar-refractivity contribution is 7.15. The molecule has 0 amide bonds. The van der Waals surface area contributed by atoms with E-state index in [0.29, 0.717) is 0 Å². The highest BCUT2D eigenvalue weighted by Gasteiger charge is 2.13. The third-order valence-electron chi connectivity index (χ3n) is 3.13. The number of aromatic nitrogens is 1. The fraction of sp³-hybridized carbons (Fsp3) is 0.118. The largest absolute Gasteiger partial charge is 0.241 e. The van der Waals surface area contributed by atoms with Crippen LogP contribution in [0.2, 0.25) is 5.02 Å². The van der Waals surface area contributed by atoms with Crippen LogP contribution in [0, 0.1) is 0 Å². The van der Waals surface area contributed by atoms with Gasteiger partial charge in [0.2, 0.25) is 0 Å². The van der Waals surface area contributed by atoms with E-state index in [-0.39, 0.29) is 0 Å². The maximum Gasteiger partial charge on any atom is 0.0936 e. The summed E-state index contributed by atoms with van der Waals surface area (Å²) in [5.41, 5.74) is 3.40. The van der Waals surface area contributed by atoms with E-state index in [9.17, 15) is 0 Å². The summed E-state index contributed by atoms with van der Waals surface area (Å²) in [5.74, 6) is 0. The Labute approximate surface area is 127 Å². The first kappa shape index (κ1) is 13.3. The van der Waals surface area contributed by atoms with Gasteiger partial charge >= 0.3 is 0 Å². The van der Waals surface area contributed by atoms with Crippen LogP contribution in [0.15, 0.2) is 54.6 Å². The minimum atomic E-state index is 0.759. The number of benzene rings is 2. The Morgan fingerprint density at radius 2 is 1.65 bits per heavy atom. The van der Waals surface area contributed by atoms with Gasteiger partial charge in [-0.1, -0.05) is 61.0 Å². The molecule has 1 nitrogen and oxygen atoms in total. The Bertz CT molecular complexity index is 702. The van der Waals surface area contributed by atoms with Crippen molar-refractivity contribution in [3.05, 3.63) is 64.6 Å². The van der Waals surface area contributed by atoms with Crippen molar-refractivity contribution in [1.82, 2.24) is 4.98 Å². The number of hydrogen-bond acceptors (Lipinski definition) is 2. The van der Waals surface area contributed by atoms with Gasteiger partial charge in [-0.25, -0.2) is 4.98 Å². The summed E-state index contributed by atoms with van der Waals surface area (Å²) in [6.07, 6.45) is 0.956. The van der Waals surface area contributed by atoms with Crippen LogP contribution in [-0.2, 0) is 6.42 Å². The van der Waals surface area contributed by atoms with Gasteiger partial charge in [0.1, 0.15) is 0 Å². The van der Waals surface area contributed by atoms with E-state index in [2.05, 4.69) is 31.2 Å². The second-order valence-electron chi connectivity index (χ2n) is 4.51. The molecule has 0 spiro atoms. The maximum absolute atomic E-state index is 5.98. The van der Waals surface area contributed by atoms with Crippen molar-refractivity contribution in [3.8, 4) is 21.7 Å². The number of nitrogens with zero attached hydrogens (tertiary/aromatic N) is 1. The number of thiazole rings is 1. The third kappa shape index (κ3) is 2.62. The van der Waals surface area contributed by atoms with Crippen molar-refractivity contribution in [2.24, 2.45) is 0 Å². The van der Waals surface area contributed by atoms with Crippen LogP contribution in [0.4, 0.5) is 0 Å². The van der Waals surface area contributed by atoms with E-state index in [4.69, 9.17) is 16.6 Å². The van der Waals surface area contributed by atoms with Crippen LogP contribution in [0.1, 0.15) is 11.9 Å². The molecule has 0 aliphatic carbocycles. The zero-order valence-electron chi connectivity index (χ0n) is 11.1. The fourth-order valence-corrected chi connectivity index (χ4v) is 3.26. The standard InChI is InChI=1S/C17H14ClNS/c1-2-15-19-16(12-6-4-3-5-7-12)17(20-15)13-8-10-14(18)11-9-13/h3-11H,2H2,1H3. The second-order valence-corrected chi connectivity index (χ2v) is 6.03. The van der Waals surface area contributed by atoms with Gasteiger partial charge in [-0.15, -0.1) is 11.3 Å². The lowest BCUT2D eigenvalue weighted by atomic mass is 10.1. The van der Waals surface area contributed by atoms with E-state index in [1.165, 1.54) is 10.4 Å². The van der Waals surface area contributed by atoms with E-state index in [1.807, 2.05) is 30.3 Å². The van der Waals surface area contributed by atoms with Gasteiger partial charge in [-0.3, -0.25) is 0 Å². The Hall–Kier alpha value is -1.64. The molecule has 1 aromatic heterocycles. The lowest BCUT2D eigenvalue weighted by Gasteiger charge is -2.02. The van der Waals surface area contributed by atoms with E-state index in [0.717, 1.165) is 27.7 Å². The molecule has 0 aliphatic heterocycles. The van der Waals surface area contributed by atoms with Crippen LogP contribution in [0.5, 0.6) is 0 Å². The van der Waals surface area contributed by atoms with Crippen molar-refractivity contribution in [1.29, 1.82) is 0 Å². The first-order valence-corrected chi connectivity index (χ1v) is 7.78. The minimum Gasteiger partial charge on any atom is -0.241 e.